The van der Waals surface area contributed by atoms with Gasteiger partial charge in [0, 0.05) is 12.6 Å². The SMILES string of the molecule is COc1ccc(C(C)(C)C)cc1NC(=O)NCC[C@H]1CCCN1. The van der Waals surface area contributed by atoms with E-state index in [1.807, 2.05) is 18.2 Å². The molecule has 1 aromatic rings. The van der Waals surface area contributed by atoms with Gasteiger partial charge < -0.3 is 20.7 Å². The number of urea groups is 1. The standard InChI is InChI=1S/C18H29N3O2/c1-18(2,3)13-7-8-16(23-4)15(12-13)21-17(22)20-11-9-14-6-5-10-19-14/h7-8,12,14,19H,5-6,9-11H2,1-4H3,(H2,20,21,22)/t14-/m1/s1. The van der Waals surface area contributed by atoms with Crippen molar-refractivity contribution in [1.82, 2.24) is 10.6 Å². The fourth-order valence-electron chi connectivity index (χ4n) is 2.80. The Morgan fingerprint density at radius 1 is 1.39 bits per heavy atom. The van der Waals surface area contributed by atoms with Crippen LogP contribution in [-0.2, 0) is 5.41 Å². The normalized spacial score (nSPS) is 17.8. The average molecular weight is 319 g/mol. The maximum absolute atomic E-state index is 12.1. The second kappa shape index (κ2) is 7.68. The van der Waals surface area contributed by atoms with Crippen LogP contribution in [-0.4, -0.2) is 32.3 Å². The predicted molar refractivity (Wildman–Crippen MR) is 94.4 cm³/mol. The number of nitrogens with one attached hydrogen (secondary N) is 3. The van der Waals surface area contributed by atoms with Gasteiger partial charge in [-0.1, -0.05) is 26.8 Å². The molecule has 0 spiro atoms. The number of methoxy groups -OCH3 is 1. The van der Waals surface area contributed by atoms with Crippen LogP contribution in [0, 0.1) is 0 Å². The van der Waals surface area contributed by atoms with Crippen molar-refractivity contribution in [2.45, 2.75) is 51.5 Å². The molecule has 0 bridgehead atoms. The molecule has 2 rings (SSSR count). The van der Waals surface area contributed by atoms with Gasteiger partial charge in [0.05, 0.1) is 12.8 Å². The fourth-order valence-corrected chi connectivity index (χ4v) is 2.80. The van der Waals surface area contributed by atoms with Gasteiger partial charge in [-0.3, -0.25) is 0 Å². The van der Waals surface area contributed by atoms with Crippen LogP contribution in [0.25, 0.3) is 0 Å². The molecule has 1 aliphatic rings. The summed E-state index contributed by atoms with van der Waals surface area (Å²) in [6.45, 7) is 8.20. The number of carbonyl (C=O) groups excluding carboxylic acids is 1. The van der Waals surface area contributed by atoms with Crippen molar-refractivity contribution in [1.29, 1.82) is 0 Å². The van der Waals surface area contributed by atoms with Gasteiger partial charge in [-0.05, 0) is 48.9 Å². The van der Waals surface area contributed by atoms with Crippen LogP contribution in [0.3, 0.4) is 0 Å². The van der Waals surface area contributed by atoms with Crippen LogP contribution < -0.4 is 20.7 Å². The maximum Gasteiger partial charge on any atom is 0.319 e. The van der Waals surface area contributed by atoms with E-state index < -0.39 is 0 Å². The van der Waals surface area contributed by atoms with Crippen molar-refractivity contribution in [2.75, 3.05) is 25.5 Å². The van der Waals surface area contributed by atoms with Crippen molar-refractivity contribution in [3.8, 4) is 5.75 Å². The summed E-state index contributed by atoms with van der Waals surface area (Å²) in [4.78, 5) is 12.1. The quantitative estimate of drug-likeness (QED) is 0.780. The Kier molecular flexibility index (Phi) is 5.88. The summed E-state index contributed by atoms with van der Waals surface area (Å²) in [5.41, 5.74) is 1.88. The summed E-state index contributed by atoms with van der Waals surface area (Å²) >= 11 is 0. The van der Waals surface area contributed by atoms with Crippen LogP contribution in [0.15, 0.2) is 18.2 Å². The molecule has 5 nitrogen and oxygen atoms in total. The molecule has 3 N–H and O–H groups in total. The minimum atomic E-state index is -0.188. The minimum absolute atomic E-state index is 0.0212. The van der Waals surface area contributed by atoms with Crippen molar-refractivity contribution in [3.63, 3.8) is 0 Å². The van der Waals surface area contributed by atoms with E-state index in [1.165, 1.54) is 12.8 Å². The van der Waals surface area contributed by atoms with E-state index in [0.717, 1.165) is 18.5 Å². The molecule has 5 heteroatoms. The van der Waals surface area contributed by atoms with Crippen LogP contribution in [0.4, 0.5) is 10.5 Å². The molecule has 0 radical (unpaired) electrons. The summed E-state index contributed by atoms with van der Waals surface area (Å²) < 4.78 is 5.35. The third-order valence-corrected chi connectivity index (χ3v) is 4.25. The smallest absolute Gasteiger partial charge is 0.319 e. The van der Waals surface area contributed by atoms with Crippen LogP contribution in [0.1, 0.15) is 45.6 Å². The first-order valence-corrected chi connectivity index (χ1v) is 8.37. The summed E-state index contributed by atoms with van der Waals surface area (Å²) in [7, 11) is 1.61. The molecule has 1 atom stereocenters. The first kappa shape index (κ1) is 17.6. The summed E-state index contributed by atoms with van der Waals surface area (Å²) in [6.07, 6.45) is 3.39. The van der Waals surface area contributed by atoms with E-state index in [0.29, 0.717) is 24.0 Å². The zero-order valence-corrected chi connectivity index (χ0v) is 14.7. The highest BCUT2D eigenvalue weighted by Crippen LogP contribution is 2.31. The Morgan fingerprint density at radius 2 is 2.17 bits per heavy atom. The topological polar surface area (TPSA) is 62.4 Å². The zero-order valence-electron chi connectivity index (χ0n) is 14.7. The number of amides is 2. The molecule has 2 amide bonds. The lowest BCUT2D eigenvalue weighted by molar-refractivity contribution is 0.251. The van der Waals surface area contributed by atoms with Gasteiger partial charge in [-0.15, -0.1) is 0 Å². The number of carbonyl (C=O) groups is 1. The highest BCUT2D eigenvalue weighted by atomic mass is 16.5. The number of ether oxygens (including phenoxy) is 1. The lowest BCUT2D eigenvalue weighted by atomic mass is 9.87. The van der Waals surface area contributed by atoms with Gasteiger partial charge in [-0.2, -0.15) is 0 Å². The fraction of sp³-hybridized carbons (Fsp3) is 0.611. The lowest BCUT2D eigenvalue weighted by Crippen LogP contribution is -2.33. The molecule has 1 fully saturated rings. The second-order valence-electron chi connectivity index (χ2n) is 7.13. The highest BCUT2D eigenvalue weighted by Gasteiger charge is 2.17. The molecule has 23 heavy (non-hydrogen) atoms. The van der Waals surface area contributed by atoms with Gasteiger partial charge in [0.15, 0.2) is 0 Å². The van der Waals surface area contributed by atoms with Crippen LogP contribution >= 0.6 is 0 Å². The Labute approximate surface area is 139 Å². The first-order valence-electron chi connectivity index (χ1n) is 8.37. The monoisotopic (exact) mass is 319 g/mol. The van der Waals surface area contributed by atoms with E-state index in [2.05, 4.69) is 36.7 Å². The maximum atomic E-state index is 12.1. The van der Waals surface area contributed by atoms with Crippen molar-refractivity contribution >= 4 is 11.7 Å². The third-order valence-electron chi connectivity index (χ3n) is 4.25. The van der Waals surface area contributed by atoms with E-state index >= 15 is 0 Å². The Hall–Kier alpha value is -1.75. The van der Waals surface area contributed by atoms with Gasteiger partial charge in [0.2, 0.25) is 0 Å². The predicted octanol–water partition coefficient (Wildman–Crippen LogP) is 3.26. The molecule has 1 aromatic carbocycles. The number of benzene rings is 1. The lowest BCUT2D eigenvalue weighted by Gasteiger charge is -2.21. The van der Waals surface area contributed by atoms with E-state index in [9.17, 15) is 4.79 Å². The molecule has 0 aromatic heterocycles. The molecule has 1 heterocycles. The van der Waals surface area contributed by atoms with Gasteiger partial charge in [0.1, 0.15) is 5.75 Å². The third kappa shape index (κ3) is 5.13. The van der Waals surface area contributed by atoms with E-state index in [1.54, 1.807) is 7.11 Å². The molecular weight excluding hydrogens is 290 g/mol. The summed E-state index contributed by atoms with van der Waals surface area (Å²) in [5, 5.41) is 9.26. The number of anilines is 1. The van der Waals surface area contributed by atoms with Crippen LogP contribution in [0.5, 0.6) is 5.75 Å². The number of hydrogen-bond donors (Lipinski definition) is 3. The number of hydrogen-bond acceptors (Lipinski definition) is 3. The van der Waals surface area contributed by atoms with Gasteiger partial charge in [-0.25, -0.2) is 4.79 Å². The van der Waals surface area contributed by atoms with Crippen molar-refractivity contribution < 1.29 is 9.53 Å². The second-order valence-corrected chi connectivity index (χ2v) is 7.13. The molecule has 0 aliphatic carbocycles. The Morgan fingerprint density at radius 3 is 2.78 bits per heavy atom. The Balaban J connectivity index is 1.93. The van der Waals surface area contributed by atoms with Crippen molar-refractivity contribution in [3.05, 3.63) is 23.8 Å². The average Bonchev–Trinajstić information content (AvgIpc) is 2.99. The molecule has 128 valence electrons. The molecule has 1 saturated heterocycles. The number of rotatable bonds is 5. The minimum Gasteiger partial charge on any atom is -0.495 e. The van der Waals surface area contributed by atoms with Crippen molar-refractivity contribution in [2.24, 2.45) is 0 Å². The zero-order chi connectivity index (χ0) is 16.9. The highest BCUT2D eigenvalue weighted by molar-refractivity contribution is 5.91. The largest absolute Gasteiger partial charge is 0.495 e. The molecular formula is C18H29N3O2. The van der Waals surface area contributed by atoms with E-state index in [-0.39, 0.29) is 11.4 Å². The van der Waals surface area contributed by atoms with E-state index in [4.69, 9.17) is 4.74 Å². The molecule has 1 aliphatic heterocycles. The molecule has 0 saturated carbocycles. The summed E-state index contributed by atoms with van der Waals surface area (Å²) in [6, 6.07) is 6.27. The summed E-state index contributed by atoms with van der Waals surface area (Å²) in [5.74, 6) is 0.672. The molecule has 0 unspecified atom stereocenters. The first-order chi connectivity index (χ1) is 10.9. The van der Waals surface area contributed by atoms with Gasteiger partial charge in [0.25, 0.3) is 0 Å². The van der Waals surface area contributed by atoms with Gasteiger partial charge >= 0.3 is 6.03 Å². The van der Waals surface area contributed by atoms with Crippen LogP contribution in [0.2, 0.25) is 0 Å². The Bertz CT molecular complexity index is 532.